The van der Waals surface area contributed by atoms with E-state index >= 15 is 0 Å². The summed E-state index contributed by atoms with van der Waals surface area (Å²) in [6.45, 7) is 6.87. The lowest BCUT2D eigenvalue weighted by atomic mass is 10.1. The lowest BCUT2D eigenvalue weighted by Crippen LogP contribution is -2.31. The van der Waals surface area contributed by atoms with E-state index in [-0.39, 0.29) is 5.91 Å². The third-order valence-electron chi connectivity index (χ3n) is 5.27. The monoisotopic (exact) mass is 345 g/mol. The van der Waals surface area contributed by atoms with Gasteiger partial charge in [-0.15, -0.1) is 0 Å². The van der Waals surface area contributed by atoms with Crippen molar-refractivity contribution in [3.63, 3.8) is 0 Å². The fourth-order valence-corrected chi connectivity index (χ4v) is 3.90. The van der Waals surface area contributed by atoms with E-state index in [2.05, 4.69) is 30.2 Å². The Morgan fingerprint density at radius 3 is 2.58 bits per heavy atom. The average Bonchev–Trinajstić information content (AvgIpc) is 3.20. The van der Waals surface area contributed by atoms with Crippen LogP contribution in [0.25, 0.3) is 5.69 Å². The number of fused-ring (bicyclic) bond motifs is 1. The van der Waals surface area contributed by atoms with E-state index in [1.54, 1.807) is 0 Å². The zero-order valence-corrected chi connectivity index (χ0v) is 15.5. The number of aryl methyl sites for hydroxylation is 2. The molecule has 0 radical (unpaired) electrons. The van der Waals surface area contributed by atoms with Crippen LogP contribution in [0.1, 0.15) is 28.1 Å². The second kappa shape index (κ2) is 6.45. The first kappa shape index (κ1) is 16.6. The molecule has 26 heavy (non-hydrogen) atoms. The lowest BCUT2D eigenvalue weighted by Gasteiger charge is -2.19. The molecule has 1 aliphatic rings. The Labute approximate surface area is 154 Å². The maximum atomic E-state index is 13.1. The van der Waals surface area contributed by atoms with Crippen LogP contribution < -0.4 is 4.90 Å². The minimum Gasteiger partial charge on any atom is -0.311 e. The van der Waals surface area contributed by atoms with Gasteiger partial charge in [-0.3, -0.25) is 4.79 Å². The summed E-state index contributed by atoms with van der Waals surface area (Å²) < 4.78 is 1.93. The standard InChI is InChI=1S/C22H23N3O/c1-15-8-7-9-18-12-13-24(22(15)18)21(26)14-20-16(2)23-25(17(20)3)19-10-5-4-6-11-19/h4-11H,12-14H2,1-3H3. The molecule has 0 saturated carbocycles. The SMILES string of the molecule is Cc1cccc2c1N(C(=O)Cc1c(C)nn(-c3ccccc3)c1C)CC2. The summed E-state index contributed by atoms with van der Waals surface area (Å²) in [5.74, 6) is 0.150. The predicted molar refractivity (Wildman–Crippen MR) is 104 cm³/mol. The van der Waals surface area contributed by atoms with Crippen molar-refractivity contribution in [3.05, 3.63) is 76.6 Å². The van der Waals surface area contributed by atoms with Gasteiger partial charge >= 0.3 is 0 Å². The molecular weight excluding hydrogens is 322 g/mol. The minimum absolute atomic E-state index is 0.150. The Morgan fingerprint density at radius 1 is 1.04 bits per heavy atom. The Bertz CT molecular complexity index is 973. The Hall–Kier alpha value is -2.88. The van der Waals surface area contributed by atoms with Crippen LogP contribution in [-0.4, -0.2) is 22.2 Å². The van der Waals surface area contributed by atoms with E-state index in [4.69, 9.17) is 0 Å². The first-order chi connectivity index (χ1) is 12.6. The van der Waals surface area contributed by atoms with Crippen LogP contribution in [0, 0.1) is 20.8 Å². The number of carbonyl (C=O) groups is 1. The molecule has 2 aromatic carbocycles. The fourth-order valence-electron chi connectivity index (χ4n) is 3.90. The van der Waals surface area contributed by atoms with Gasteiger partial charge in [0.2, 0.25) is 5.91 Å². The number of carbonyl (C=O) groups excluding carboxylic acids is 1. The molecule has 1 aliphatic heterocycles. The number of nitrogens with zero attached hydrogens (tertiary/aromatic N) is 3. The average molecular weight is 345 g/mol. The van der Waals surface area contributed by atoms with Crippen LogP contribution in [0.2, 0.25) is 0 Å². The van der Waals surface area contributed by atoms with Gasteiger partial charge in [-0.05, 0) is 50.5 Å². The van der Waals surface area contributed by atoms with E-state index < -0.39 is 0 Å². The van der Waals surface area contributed by atoms with Crippen LogP contribution in [-0.2, 0) is 17.6 Å². The summed E-state index contributed by atoms with van der Waals surface area (Å²) in [6.07, 6.45) is 1.32. The molecule has 2 heterocycles. The third-order valence-corrected chi connectivity index (χ3v) is 5.27. The zero-order valence-electron chi connectivity index (χ0n) is 15.5. The topological polar surface area (TPSA) is 38.1 Å². The van der Waals surface area contributed by atoms with Gasteiger partial charge in [0.25, 0.3) is 0 Å². The van der Waals surface area contributed by atoms with Gasteiger partial charge in [0.15, 0.2) is 0 Å². The van der Waals surface area contributed by atoms with Crippen molar-refractivity contribution >= 4 is 11.6 Å². The zero-order chi connectivity index (χ0) is 18.3. The largest absolute Gasteiger partial charge is 0.311 e. The highest BCUT2D eigenvalue weighted by molar-refractivity contribution is 5.97. The Morgan fingerprint density at radius 2 is 1.81 bits per heavy atom. The predicted octanol–water partition coefficient (Wildman–Crippen LogP) is 3.93. The number of hydrogen-bond donors (Lipinski definition) is 0. The number of aromatic nitrogens is 2. The van der Waals surface area contributed by atoms with Crippen molar-refractivity contribution in [1.29, 1.82) is 0 Å². The normalized spacial score (nSPS) is 13.1. The summed E-state index contributed by atoms with van der Waals surface area (Å²) in [5, 5.41) is 4.67. The van der Waals surface area contributed by atoms with Crippen molar-refractivity contribution < 1.29 is 4.79 Å². The number of benzene rings is 2. The highest BCUT2D eigenvalue weighted by Gasteiger charge is 2.27. The third kappa shape index (κ3) is 2.71. The smallest absolute Gasteiger partial charge is 0.231 e. The lowest BCUT2D eigenvalue weighted by molar-refractivity contribution is -0.117. The van der Waals surface area contributed by atoms with Crippen molar-refractivity contribution in [2.24, 2.45) is 0 Å². The van der Waals surface area contributed by atoms with Crippen LogP contribution in [0.15, 0.2) is 48.5 Å². The maximum absolute atomic E-state index is 13.1. The molecule has 3 aromatic rings. The Balaban J connectivity index is 1.63. The minimum atomic E-state index is 0.150. The molecule has 1 amide bonds. The highest BCUT2D eigenvalue weighted by Crippen LogP contribution is 2.32. The molecule has 0 unspecified atom stereocenters. The van der Waals surface area contributed by atoms with Gasteiger partial charge in [0, 0.05) is 23.5 Å². The molecule has 0 N–H and O–H groups in total. The van der Waals surface area contributed by atoms with E-state index in [0.29, 0.717) is 6.42 Å². The summed E-state index contributed by atoms with van der Waals surface area (Å²) in [7, 11) is 0. The van der Waals surface area contributed by atoms with Gasteiger partial charge in [-0.1, -0.05) is 36.4 Å². The summed E-state index contributed by atoms with van der Waals surface area (Å²) in [6, 6.07) is 16.3. The second-order valence-corrected chi connectivity index (χ2v) is 6.95. The van der Waals surface area contributed by atoms with Crippen LogP contribution >= 0.6 is 0 Å². The molecule has 1 aromatic heterocycles. The molecule has 4 nitrogen and oxygen atoms in total. The van der Waals surface area contributed by atoms with Crippen LogP contribution in [0.4, 0.5) is 5.69 Å². The van der Waals surface area contributed by atoms with E-state index in [0.717, 1.165) is 41.3 Å². The maximum Gasteiger partial charge on any atom is 0.231 e. The van der Waals surface area contributed by atoms with Crippen LogP contribution in [0.5, 0.6) is 0 Å². The first-order valence-corrected chi connectivity index (χ1v) is 9.05. The quantitative estimate of drug-likeness (QED) is 0.721. The van der Waals surface area contributed by atoms with Crippen molar-refractivity contribution in [2.45, 2.75) is 33.6 Å². The number of para-hydroxylation sites is 2. The number of anilines is 1. The summed E-state index contributed by atoms with van der Waals surface area (Å²) in [4.78, 5) is 15.0. The van der Waals surface area contributed by atoms with E-state index in [9.17, 15) is 4.79 Å². The molecule has 4 rings (SSSR count). The van der Waals surface area contributed by atoms with E-state index in [1.165, 1.54) is 11.1 Å². The Kier molecular flexibility index (Phi) is 4.11. The molecule has 0 spiro atoms. The van der Waals surface area contributed by atoms with Gasteiger partial charge in [-0.25, -0.2) is 4.68 Å². The molecular formula is C22H23N3O. The fraction of sp³-hybridized carbons (Fsp3) is 0.273. The molecule has 0 aliphatic carbocycles. The van der Waals surface area contributed by atoms with E-state index in [1.807, 2.05) is 53.8 Å². The van der Waals surface area contributed by atoms with Gasteiger partial charge < -0.3 is 4.90 Å². The van der Waals surface area contributed by atoms with Gasteiger partial charge in [0.1, 0.15) is 0 Å². The number of hydrogen-bond acceptors (Lipinski definition) is 2. The van der Waals surface area contributed by atoms with Crippen molar-refractivity contribution in [2.75, 3.05) is 11.4 Å². The number of rotatable bonds is 3. The van der Waals surface area contributed by atoms with Crippen molar-refractivity contribution in [3.8, 4) is 5.69 Å². The van der Waals surface area contributed by atoms with Crippen LogP contribution in [0.3, 0.4) is 0 Å². The number of amides is 1. The molecule has 4 heteroatoms. The first-order valence-electron chi connectivity index (χ1n) is 9.05. The molecule has 0 fully saturated rings. The highest BCUT2D eigenvalue weighted by atomic mass is 16.2. The summed E-state index contributed by atoms with van der Waals surface area (Å²) in [5.41, 5.74) is 7.54. The molecule has 0 atom stereocenters. The second-order valence-electron chi connectivity index (χ2n) is 6.95. The molecule has 0 bridgehead atoms. The molecule has 0 saturated heterocycles. The van der Waals surface area contributed by atoms with Gasteiger partial charge in [-0.2, -0.15) is 5.10 Å². The molecule has 132 valence electrons. The van der Waals surface area contributed by atoms with Gasteiger partial charge in [0.05, 0.1) is 17.8 Å². The van der Waals surface area contributed by atoms with Crippen molar-refractivity contribution in [1.82, 2.24) is 9.78 Å². The summed E-state index contributed by atoms with van der Waals surface area (Å²) >= 11 is 0.